The highest BCUT2D eigenvalue weighted by atomic mass is 32.1. The van der Waals surface area contributed by atoms with Gasteiger partial charge in [-0.05, 0) is 49.1 Å². The molecule has 27 heavy (non-hydrogen) atoms. The molecule has 140 valence electrons. The Hall–Kier alpha value is -2.27. The van der Waals surface area contributed by atoms with Crippen LogP contribution >= 0.6 is 11.3 Å². The molecule has 0 unspecified atom stereocenters. The van der Waals surface area contributed by atoms with E-state index in [-0.39, 0.29) is 17.9 Å². The summed E-state index contributed by atoms with van der Waals surface area (Å²) in [5.41, 5.74) is 2.96. The Morgan fingerprint density at radius 1 is 1.22 bits per heavy atom. The summed E-state index contributed by atoms with van der Waals surface area (Å²) >= 11 is 1.63. The maximum Gasteiger partial charge on any atom is 0.262 e. The van der Waals surface area contributed by atoms with Gasteiger partial charge >= 0.3 is 0 Å². The van der Waals surface area contributed by atoms with Gasteiger partial charge in [0.2, 0.25) is 0 Å². The van der Waals surface area contributed by atoms with E-state index in [4.69, 9.17) is 0 Å². The first kappa shape index (κ1) is 18.1. The molecule has 3 aromatic rings. The van der Waals surface area contributed by atoms with Gasteiger partial charge in [0.05, 0.1) is 18.3 Å². The van der Waals surface area contributed by atoms with Crippen LogP contribution in [0, 0.1) is 0 Å². The summed E-state index contributed by atoms with van der Waals surface area (Å²) in [6.07, 6.45) is 6.88. The van der Waals surface area contributed by atoms with Crippen LogP contribution in [0.4, 0.5) is 0 Å². The van der Waals surface area contributed by atoms with Crippen molar-refractivity contribution < 1.29 is 4.79 Å². The molecule has 0 aliphatic heterocycles. The molecule has 1 aromatic carbocycles. The van der Waals surface area contributed by atoms with E-state index in [1.807, 2.05) is 24.3 Å². The lowest BCUT2D eigenvalue weighted by atomic mass is 9.97. The predicted molar refractivity (Wildman–Crippen MR) is 110 cm³/mol. The molecule has 0 amide bonds. The Morgan fingerprint density at radius 2 is 1.96 bits per heavy atom. The van der Waals surface area contributed by atoms with Gasteiger partial charge in [-0.1, -0.05) is 38.1 Å². The van der Waals surface area contributed by atoms with Crippen LogP contribution in [0.25, 0.3) is 10.2 Å². The monoisotopic (exact) mass is 380 g/mol. The molecule has 1 atom stereocenters. The zero-order valence-corrected chi connectivity index (χ0v) is 16.6. The second kappa shape index (κ2) is 7.39. The summed E-state index contributed by atoms with van der Waals surface area (Å²) in [5.74, 6) is 0.422. The standard InChI is InChI=1S/C22H24N2O2S/c1-3-14(2)15-8-10-16(11-9-15)18(25)12-24-13-23-21-20(22(24)26)17-6-4-5-7-19(17)27-21/h8-11,13-14H,3-7,12H2,1-2H3/t14-/m0/s1. The number of aromatic nitrogens is 2. The van der Waals surface area contributed by atoms with Gasteiger partial charge < -0.3 is 0 Å². The third kappa shape index (κ3) is 3.36. The number of carbonyl (C=O) groups excluding carboxylic acids is 1. The summed E-state index contributed by atoms with van der Waals surface area (Å²) in [4.78, 5) is 32.3. The van der Waals surface area contributed by atoms with Gasteiger partial charge in [-0.3, -0.25) is 14.2 Å². The minimum absolute atomic E-state index is 0.0368. The SMILES string of the molecule is CC[C@H](C)c1ccc(C(=O)Cn2cnc3sc4c(c3c2=O)CCCC4)cc1. The van der Waals surface area contributed by atoms with E-state index in [1.54, 1.807) is 11.3 Å². The Balaban J connectivity index is 1.62. The third-order valence-electron chi connectivity index (χ3n) is 5.67. The van der Waals surface area contributed by atoms with Crippen molar-refractivity contribution in [2.45, 2.75) is 58.4 Å². The topological polar surface area (TPSA) is 52.0 Å². The number of Topliss-reactive ketones (excluding diaryl/α,β-unsaturated/α-hetero) is 1. The summed E-state index contributed by atoms with van der Waals surface area (Å²) in [6.45, 7) is 4.37. The highest BCUT2D eigenvalue weighted by Crippen LogP contribution is 2.33. The molecule has 1 aliphatic carbocycles. The molecule has 5 heteroatoms. The average molecular weight is 381 g/mol. The molecule has 0 saturated carbocycles. The Kier molecular flexibility index (Phi) is 4.96. The minimum Gasteiger partial charge on any atom is -0.292 e. The highest BCUT2D eigenvalue weighted by molar-refractivity contribution is 7.18. The van der Waals surface area contributed by atoms with Crippen LogP contribution in [0.15, 0.2) is 35.4 Å². The molecule has 1 aliphatic rings. The zero-order chi connectivity index (χ0) is 19.0. The van der Waals surface area contributed by atoms with Crippen LogP contribution in [-0.4, -0.2) is 15.3 Å². The van der Waals surface area contributed by atoms with Gasteiger partial charge in [0.25, 0.3) is 5.56 Å². The van der Waals surface area contributed by atoms with Gasteiger partial charge in [-0.25, -0.2) is 4.98 Å². The maximum atomic E-state index is 13.0. The van der Waals surface area contributed by atoms with Crippen molar-refractivity contribution >= 4 is 27.3 Å². The van der Waals surface area contributed by atoms with Crippen molar-refractivity contribution in [2.24, 2.45) is 0 Å². The second-order valence-corrected chi connectivity index (χ2v) is 8.51. The number of ketones is 1. The summed E-state index contributed by atoms with van der Waals surface area (Å²) in [6, 6.07) is 7.77. The van der Waals surface area contributed by atoms with Crippen molar-refractivity contribution in [3.8, 4) is 0 Å². The zero-order valence-electron chi connectivity index (χ0n) is 15.8. The molecular weight excluding hydrogens is 356 g/mol. The van der Waals surface area contributed by atoms with Crippen LogP contribution in [0.3, 0.4) is 0 Å². The van der Waals surface area contributed by atoms with Gasteiger partial charge in [-0.15, -0.1) is 11.3 Å². The second-order valence-electron chi connectivity index (χ2n) is 7.42. The predicted octanol–water partition coefficient (Wildman–Crippen LogP) is 4.73. The molecule has 0 radical (unpaired) electrons. The lowest BCUT2D eigenvalue weighted by Gasteiger charge is -2.11. The number of rotatable bonds is 5. The summed E-state index contributed by atoms with van der Waals surface area (Å²) < 4.78 is 1.47. The molecule has 0 saturated heterocycles. The largest absolute Gasteiger partial charge is 0.292 e. The van der Waals surface area contributed by atoms with E-state index >= 15 is 0 Å². The smallest absolute Gasteiger partial charge is 0.262 e. The highest BCUT2D eigenvalue weighted by Gasteiger charge is 2.20. The summed E-state index contributed by atoms with van der Waals surface area (Å²) in [7, 11) is 0. The van der Waals surface area contributed by atoms with E-state index in [0.29, 0.717) is 11.5 Å². The van der Waals surface area contributed by atoms with Crippen LogP contribution in [-0.2, 0) is 19.4 Å². The van der Waals surface area contributed by atoms with Crippen LogP contribution in [0.1, 0.15) is 65.4 Å². The first-order chi connectivity index (χ1) is 13.1. The van der Waals surface area contributed by atoms with E-state index in [2.05, 4.69) is 18.8 Å². The van der Waals surface area contributed by atoms with Crippen molar-refractivity contribution in [1.29, 1.82) is 0 Å². The van der Waals surface area contributed by atoms with Gasteiger partial charge in [0, 0.05) is 10.4 Å². The lowest BCUT2D eigenvalue weighted by Crippen LogP contribution is -2.25. The molecule has 4 rings (SSSR count). The maximum absolute atomic E-state index is 13.0. The number of benzene rings is 1. The molecule has 0 fully saturated rings. The molecule has 2 heterocycles. The fraction of sp³-hybridized carbons (Fsp3) is 0.409. The number of fused-ring (bicyclic) bond motifs is 3. The average Bonchev–Trinajstić information content (AvgIpc) is 3.09. The molecule has 4 nitrogen and oxygen atoms in total. The Labute approximate surface area is 162 Å². The third-order valence-corrected chi connectivity index (χ3v) is 6.87. The van der Waals surface area contributed by atoms with Crippen molar-refractivity contribution in [3.63, 3.8) is 0 Å². The molecule has 0 N–H and O–H groups in total. The van der Waals surface area contributed by atoms with Crippen LogP contribution < -0.4 is 5.56 Å². The number of thiophene rings is 1. The van der Waals surface area contributed by atoms with Crippen LogP contribution in [0.5, 0.6) is 0 Å². The van der Waals surface area contributed by atoms with Gasteiger partial charge in [-0.2, -0.15) is 0 Å². The van der Waals surface area contributed by atoms with Crippen molar-refractivity contribution in [2.75, 3.05) is 0 Å². The molecule has 0 spiro atoms. The normalized spacial score (nSPS) is 14.9. The molecule has 2 aromatic heterocycles. The Bertz CT molecular complexity index is 1050. The van der Waals surface area contributed by atoms with Crippen LogP contribution in [0.2, 0.25) is 0 Å². The van der Waals surface area contributed by atoms with Crippen molar-refractivity contribution in [3.05, 3.63) is 62.5 Å². The molecular formula is C22H24N2O2S. The number of nitrogens with zero attached hydrogens (tertiary/aromatic N) is 2. The van der Waals surface area contributed by atoms with Gasteiger partial charge in [0.1, 0.15) is 4.83 Å². The van der Waals surface area contributed by atoms with E-state index in [1.165, 1.54) is 33.3 Å². The van der Waals surface area contributed by atoms with E-state index < -0.39 is 0 Å². The van der Waals surface area contributed by atoms with Gasteiger partial charge in [0.15, 0.2) is 5.78 Å². The Morgan fingerprint density at radius 3 is 2.70 bits per heavy atom. The van der Waals surface area contributed by atoms with E-state index in [9.17, 15) is 9.59 Å². The fourth-order valence-electron chi connectivity index (χ4n) is 3.77. The summed E-state index contributed by atoms with van der Waals surface area (Å²) in [5, 5.41) is 0.733. The number of carbonyl (C=O) groups is 1. The van der Waals surface area contributed by atoms with Crippen molar-refractivity contribution in [1.82, 2.24) is 9.55 Å². The first-order valence-electron chi connectivity index (χ1n) is 9.71. The molecule has 0 bridgehead atoms. The van der Waals surface area contributed by atoms with E-state index in [0.717, 1.165) is 35.9 Å². The minimum atomic E-state index is -0.0797. The number of hydrogen-bond acceptors (Lipinski definition) is 4. The number of aryl methyl sites for hydroxylation is 2. The first-order valence-corrected chi connectivity index (χ1v) is 10.5. The fourth-order valence-corrected chi connectivity index (χ4v) is 4.99. The number of hydrogen-bond donors (Lipinski definition) is 0. The quantitative estimate of drug-likeness (QED) is 0.601. The lowest BCUT2D eigenvalue weighted by molar-refractivity contribution is 0.0970.